The van der Waals surface area contributed by atoms with E-state index in [1.54, 1.807) is 0 Å². The van der Waals surface area contributed by atoms with Gasteiger partial charge in [0.25, 0.3) is 0 Å². The number of fused-ring (bicyclic) bond motifs is 1. The molecular formula is C17H22N4O2. The van der Waals surface area contributed by atoms with Crippen molar-refractivity contribution >= 4 is 11.9 Å². The van der Waals surface area contributed by atoms with Crippen LogP contribution >= 0.6 is 0 Å². The fourth-order valence-electron chi connectivity index (χ4n) is 3.24. The molecule has 0 amide bonds. The third-order valence-corrected chi connectivity index (χ3v) is 4.50. The van der Waals surface area contributed by atoms with E-state index in [4.69, 9.17) is 5.73 Å². The number of nitrogen functional groups attached to an aromatic ring is 1. The van der Waals surface area contributed by atoms with Crippen LogP contribution in [-0.2, 0) is 16.6 Å². The fraction of sp³-hybridized carbons (Fsp3) is 0.471. The highest BCUT2D eigenvalue weighted by atomic mass is 16.4. The number of hydrogen-bond donors (Lipinski definition) is 2. The van der Waals surface area contributed by atoms with E-state index in [1.807, 2.05) is 12.1 Å². The maximum absolute atomic E-state index is 11.8. The van der Waals surface area contributed by atoms with Gasteiger partial charge >= 0.3 is 5.97 Å². The van der Waals surface area contributed by atoms with E-state index in [0.717, 1.165) is 12.0 Å². The number of benzene rings is 1. The Balaban J connectivity index is 1.97. The van der Waals surface area contributed by atoms with Crippen molar-refractivity contribution in [3.63, 3.8) is 0 Å². The summed E-state index contributed by atoms with van der Waals surface area (Å²) in [6.07, 6.45) is 1.41. The zero-order chi connectivity index (χ0) is 16.8. The van der Waals surface area contributed by atoms with Crippen molar-refractivity contribution in [1.29, 1.82) is 0 Å². The van der Waals surface area contributed by atoms with Crippen LogP contribution in [0, 0.1) is 0 Å². The highest BCUT2D eigenvalue weighted by Crippen LogP contribution is 2.38. The Hall–Kier alpha value is -2.37. The second-order valence-corrected chi connectivity index (χ2v) is 7.13. The smallest absolute Gasteiger partial charge is 0.329 e. The summed E-state index contributed by atoms with van der Waals surface area (Å²) in [5.41, 5.74) is 7.96. The summed E-state index contributed by atoms with van der Waals surface area (Å²) in [5, 5.41) is 13.8. The molecule has 6 heteroatoms. The van der Waals surface area contributed by atoms with Crippen LogP contribution in [0.5, 0.6) is 0 Å². The summed E-state index contributed by atoms with van der Waals surface area (Å²) in [6, 6.07) is 7.47. The third-order valence-electron chi connectivity index (χ3n) is 4.50. The monoisotopic (exact) mass is 314 g/mol. The predicted molar refractivity (Wildman–Crippen MR) is 87.3 cm³/mol. The molecule has 0 bridgehead atoms. The molecule has 0 radical (unpaired) electrons. The van der Waals surface area contributed by atoms with E-state index in [0.29, 0.717) is 12.2 Å². The van der Waals surface area contributed by atoms with Crippen LogP contribution in [0.2, 0.25) is 0 Å². The number of rotatable bonds is 2. The van der Waals surface area contributed by atoms with Gasteiger partial charge in [0.2, 0.25) is 5.95 Å². The summed E-state index contributed by atoms with van der Waals surface area (Å²) in [5.74, 6) is -0.247. The Labute approximate surface area is 135 Å². The Bertz CT molecular complexity index is 728. The maximum atomic E-state index is 11.8. The minimum atomic E-state index is -0.902. The number of carbonyl (C=O) groups is 1. The van der Waals surface area contributed by atoms with Crippen molar-refractivity contribution in [1.82, 2.24) is 14.8 Å². The summed E-state index contributed by atoms with van der Waals surface area (Å²) in [6.45, 7) is 6.48. The molecule has 122 valence electrons. The summed E-state index contributed by atoms with van der Waals surface area (Å²) in [7, 11) is 0. The molecule has 0 fully saturated rings. The van der Waals surface area contributed by atoms with Crippen molar-refractivity contribution in [3.8, 4) is 0 Å². The lowest BCUT2D eigenvalue weighted by Gasteiger charge is -2.30. The first-order valence-corrected chi connectivity index (χ1v) is 7.81. The predicted octanol–water partition coefficient (Wildman–Crippen LogP) is 2.51. The molecule has 6 nitrogen and oxygen atoms in total. The van der Waals surface area contributed by atoms with E-state index in [9.17, 15) is 9.90 Å². The van der Waals surface area contributed by atoms with Gasteiger partial charge in [0, 0.05) is 12.3 Å². The number of aryl methyl sites for hydroxylation is 1. The molecule has 1 aliphatic heterocycles. The van der Waals surface area contributed by atoms with Gasteiger partial charge in [-0.1, -0.05) is 45.0 Å². The number of carboxylic acids is 1. The number of hydrogen-bond acceptors (Lipinski definition) is 4. The van der Waals surface area contributed by atoms with Gasteiger partial charge in [-0.25, -0.2) is 9.48 Å². The topological polar surface area (TPSA) is 94.0 Å². The Morgan fingerprint density at radius 2 is 1.96 bits per heavy atom. The second kappa shape index (κ2) is 5.37. The lowest BCUT2D eigenvalue weighted by atomic mass is 9.82. The first kappa shape index (κ1) is 15.5. The molecule has 0 saturated carbocycles. The van der Waals surface area contributed by atoms with E-state index in [-0.39, 0.29) is 17.3 Å². The lowest BCUT2D eigenvalue weighted by Crippen LogP contribution is -2.32. The Morgan fingerprint density at radius 1 is 1.30 bits per heavy atom. The molecule has 2 unspecified atom stereocenters. The largest absolute Gasteiger partial charge is 0.480 e. The minimum absolute atomic E-state index is 0.0742. The van der Waals surface area contributed by atoms with E-state index < -0.39 is 12.0 Å². The van der Waals surface area contributed by atoms with Crippen molar-refractivity contribution in [2.24, 2.45) is 0 Å². The molecule has 3 N–H and O–H groups in total. The minimum Gasteiger partial charge on any atom is -0.480 e. The van der Waals surface area contributed by atoms with Crippen LogP contribution in [-0.4, -0.2) is 25.8 Å². The fourth-order valence-corrected chi connectivity index (χ4v) is 3.24. The first-order valence-electron chi connectivity index (χ1n) is 7.81. The van der Waals surface area contributed by atoms with Crippen LogP contribution < -0.4 is 5.73 Å². The lowest BCUT2D eigenvalue weighted by molar-refractivity contribution is -0.142. The van der Waals surface area contributed by atoms with Gasteiger partial charge in [0.05, 0.1) is 0 Å². The molecule has 2 heterocycles. The molecular weight excluding hydrogens is 292 g/mol. The number of carboxylic acid groups (broad SMARTS) is 1. The van der Waals surface area contributed by atoms with Crippen molar-refractivity contribution in [3.05, 3.63) is 41.2 Å². The van der Waals surface area contributed by atoms with Crippen LogP contribution in [0.3, 0.4) is 0 Å². The van der Waals surface area contributed by atoms with Gasteiger partial charge in [-0.3, -0.25) is 0 Å². The van der Waals surface area contributed by atoms with Gasteiger partial charge in [-0.05, 0) is 23.0 Å². The first-order chi connectivity index (χ1) is 10.8. The van der Waals surface area contributed by atoms with Crippen LogP contribution in [0.15, 0.2) is 24.3 Å². The van der Waals surface area contributed by atoms with Gasteiger partial charge in [0.1, 0.15) is 5.82 Å². The van der Waals surface area contributed by atoms with Crippen LogP contribution in [0.4, 0.5) is 5.95 Å². The van der Waals surface area contributed by atoms with E-state index in [1.165, 1.54) is 10.2 Å². The SMILES string of the molecule is CC(C)(C)c1ccc(C2CCc3nc(N)nn3C2C(=O)O)cc1. The van der Waals surface area contributed by atoms with Gasteiger partial charge in [-0.15, -0.1) is 5.10 Å². The molecule has 0 aliphatic carbocycles. The number of aliphatic carboxylic acids is 1. The molecule has 2 atom stereocenters. The third kappa shape index (κ3) is 2.81. The molecule has 1 aromatic heterocycles. The molecule has 3 rings (SSSR count). The molecule has 2 aromatic rings. The average Bonchev–Trinajstić information content (AvgIpc) is 2.85. The van der Waals surface area contributed by atoms with Gasteiger partial charge in [-0.2, -0.15) is 4.98 Å². The Kier molecular flexibility index (Phi) is 3.62. The van der Waals surface area contributed by atoms with Crippen LogP contribution in [0.25, 0.3) is 0 Å². The molecule has 23 heavy (non-hydrogen) atoms. The second-order valence-electron chi connectivity index (χ2n) is 7.13. The summed E-state index contributed by atoms with van der Waals surface area (Å²) < 4.78 is 1.48. The van der Waals surface area contributed by atoms with Crippen molar-refractivity contribution < 1.29 is 9.90 Å². The summed E-state index contributed by atoms with van der Waals surface area (Å²) >= 11 is 0. The molecule has 1 aliphatic rings. The highest BCUT2D eigenvalue weighted by molar-refractivity contribution is 5.73. The standard InChI is InChI=1S/C17H22N4O2/c1-17(2,3)11-6-4-10(5-7-11)12-8-9-13-19-16(18)20-21(13)14(12)15(22)23/h4-7,12,14H,8-9H2,1-3H3,(H2,18,20)(H,22,23). The average molecular weight is 314 g/mol. The maximum Gasteiger partial charge on any atom is 0.329 e. The van der Waals surface area contributed by atoms with Gasteiger partial charge < -0.3 is 10.8 Å². The molecule has 0 spiro atoms. The quantitative estimate of drug-likeness (QED) is 0.888. The number of anilines is 1. The molecule has 0 saturated heterocycles. The van der Waals surface area contributed by atoms with Crippen molar-refractivity contribution in [2.75, 3.05) is 5.73 Å². The Morgan fingerprint density at radius 3 is 2.52 bits per heavy atom. The molecule has 1 aromatic carbocycles. The van der Waals surface area contributed by atoms with Crippen molar-refractivity contribution in [2.45, 2.75) is 51.0 Å². The van der Waals surface area contributed by atoms with Gasteiger partial charge in [0.15, 0.2) is 6.04 Å². The van der Waals surface area contributed by atoms with E-state index in [2.05, 4.69) is 43.0 Å². The zero-order valence-electron chi connectivity index (χ0n) is 13.7. The number of nitrogens with zero attached hydrogens (tertiary/aromatic N) is 3. The summed E-state index contributed by atoms with van der Waals surface area (Å²) in [4.78, 5) is 15.9. The highest BCUT2D eigenvalue weighted by Gasteiger charge is 2.37. The zero-order valence-corrected chi connectivity index (χ0v) is 13.7. The number of nitrogens with two attached hydrogens (primary N) is 1. The van der Waals surface area contributed by atoms with E-state index >= 15 is 0 Å². The van der Waals surface area contributed by atoms with Crippen LogP contribution in [0.1, 0.15) is 56.1 Å². The normalized spacial score (nSPS) is 21.0. The number of aromatic nitrogens is 3.